The van der Waals surface area contributed by atoms with Gasteiger partial charge in [0.2, 0.25) is 6.29 Å². The van der Waals surface area contributed by atoms with Crippen molar-refractivity contribution in [1.82, 2.24) is 5.32 Å². The van der Waals surface area contributed by atoms with Crippen LogP contribution in [0.2, 0.25) is 0 Å². The molecule has 8 heteroatoms. The summed E-state index contributed by atoms with van der Waals surface area (Å²) in [5.74, 6) is -0.684. The number of benzene rings is 1. The minimum Gasteiger partial charge on any atom is -0.479 e. The Morgan fingerprint density at radius 2 is 1.88 bits per heavy atom. The van der Waals surface area contributed by atoms with E-state index in [9.17, 15) is 14.7 Å². The van der Waals surface area contributed by atoms with Gasteiger partial charge in [-0.25, -0.2) is 9.59 Å². The second-order valence-corrected chi connectivity index (χ2v) is 5.43. The number of amides is 1. The molecule has 0 saturated heterocycles. The number of alkyl carbamates (subject to hydrolysis) is 1. The highest BCUT2D eigenvalue weighted by molar-refractivity contribution is 5.81. The van der Waals surface area contributed by atoms with Crippen LogP contribution in [-0.4, -0.2) is 50.4 Å². The summed E-state index contributed by atoms with van der Waals surface area (Å²) in [4.78, 5) is 23.2. The molecule has 0 bridgehead atoms. The van der Waals surface area contributed by atoms with Gasteiger partial charge in [-0.3, -0.25) is 0 Å². The molecule has 1 aromatic carbocycles. The van der Waals surface area contributed by atoms with Gasteiger partial charge in [0.15, 0.2) is 6.04 Å². The molecule has 146 valence electrons. The maximum absolute atomic E-state index is 11.7. The molecule has 26 heavy (non-hydrogen) atoms. The summed E-state index contributed by atoms with van der Waals surface area (Å²) in [7, 11) is 1.54. The molecule has 0 fully saturated rings. The first-order chi connectivity index (χ1) is 12.5. The van der Waals surface area contributed by atoms with Gasteiger partial charge in [-0.2, -0.15) is 0 Å². The summed E-state index contributed by atoms with van der Waals surface area (Å²) in [5, 5.41) is 11.7. The van der Waals surface area contributed by atoms with Crippen molar-refractivity contribution in [2.75, 3.05) is 26.9 Å². The molecule has 1 aromatic rings. The van der Waals surface area contributed by atoms with E-state index in [2.05, 4.69) is 5.32 Å². The van der Waals surface area contributed by atoms with E-state index in [1.54, 1.807) is 31.4 Å². The lowest BCUT2D eigenvalue weighted by Crippen LogP contribution is -2.34. The Hall–Kier alpha value is -2.32. The summed E-state index contributed by atoms with van der Waals surface area (Å²) in [6.07, 6.45) is 0.281. The number of carbonyl (C=O) groups is 2. The third-order valence-electron chi connectivity index (χ3n) is 3.38. The van der Waals surface area contributed by atoms with E-state index < -0.39 is 24.4 Å². The van der Waals surface area contributed by atoms with Gasteiger partial charge in [-0.1, -0.05) is 25.5 Å². The number of methoxy groups -OCH3 is 1. The maximum Gasteiger partial charge on any atom is 0.408 e. The van der Waals surface area contributed by atoms with E-state index in [0.717, 1.165) is 12.8 Å². The Labute approximate surface area is 153 Å². The lowest BCUT2D eigenvalue weighted by atomic mass is 10.1. The number of ether oxygens (including phenoxy) is 4. The van der Waals surface area contributed by atoms with Crippen LogP contribution in [0.5, 0.6) is 5.75 Å². The fraction of sp³-hybridized carbons (Fsp3) is 0.556. The predicted octanol–water partition coefficient (Wildman–Crippen LogP) is 2.73. The average molecular weight is 369 g/mol. The second kappa shape index (κ2) is 12.1. The van der Waals surface area contributed by atoms with E-state index in [0.29, 0.717) is 17.9 Å². The fourth-order valence-corrected chi connectivity index (χ4v) is 2.09. The normalized spacial score (nSPS) is 12.9. The number of rotatable bonds is 12. The Balaban J connectivity index is 2.72. The number of carbonyl (C=O) groups excluding carboxylic acids is 1. The topological polar surface area (TPSA) is 103 Å². The first-order valence-electron chi connectivity index (χ1n) is 8.55. The zero-order chi connectivity index (χ0) is 19.4. The van der Waals surface area contributed by atoms with Gasteiger partial charge in [-0.15, -0.1) is 0 Å². The number of nitrogens with one attached hydrogen (secondary N) is 1. The van der Waals surface area contributed by atoms with Gasteiger partial charge in [0.25, 0.3) is 0 Å². The van der Waals surface area contributed by atoms with Crippen LogP contribution >= 0.6 is 0 Å². The molecular weight excluding hydrogens is 342 g/mol. The summed E-state index contributed by atoms with van der Waals surface area (Å²) in [6.45, 7) is 4.79. The molecule has 1 rings (SSSR count). The number of aliphatic carboxylic acids is 1. The van der Waals surface area contributed by atoms with E-state index in [1.807, 2.05) is 13.8 Å². The van der Waals surface area contributed by atoms with Crippen LogP contribution in [0.1, 0.15) is 38.3 Å². The standard InChI is InChI=1S/C18H27NO7/c1-4-6-11-25-18(22)19-16(17(20)21)13-7-9-14(10-8-13)26-15(12-23-3)24-5-2/h7-10,15-16H,4-6,11-12H2,1-3H3,(H,19,22)(H,20,21). The molecule has 0 aliphatic carbocycles. The largest absolute Gasteiger partial charge is 0.479 e. The lowest BCUT2D eigenvalue weighted by molar-refractivity contribution is -0.139. The van der Waals surface area contributed by atoms with Crippen LogP contribution in [0.3, 0.4) is 0 Å². The Bertz CT molecular complexity index is 541. The Morgan fingerprint density at radius 1 is 1.19 bits per heavy atom. The molecular formula is C18H27NO7. The quantitative estimate of drug-likeness (QED) is 0.431. The van der Waals surface area contributed by atoms with Crippen molar-refractivity contribution in [3.8, 4) is 5.75 Å². The molecule has 0 spiro atoms. The fourth-order valence-electron chi connectivity index (χ4n) is 2.09. The lowest BCUT2D eigenvalue weighted by Gasteiger charge is -2.19. The summed E-state index contributed by atoms with van der Waals surface area (Å²) >= 11 is 0. The summed E-state index contributed by atoms with van der Waals surface area (Å²) in [5.41, 5.74) is 0.400. The van der Waals surface area contributed by atoms with Gasteiger partial charge in [0.05, 0.1) is 6.61 Å². The monoisotopic (exact) mass is 369 g/mol. The number of unbranched alkanes of at least 4 members (excludes halogenated alkanes) is 1. The van der Waals surface area contributed by atoms with Gasteiger partial charge >= 0.3 is 12.1 Å². The predicted molar refractivity (Wildman–Crippen MR) is 94.1 cm³/mol. The van der Waals surface area contributed by atoms with Crippen molar-refractivity contribution < 1.29 is 33.6 Å². The zero-order valence-electron chi connectivity index (χ0n) is 15.4. The van der Waals surface area contributed by atoms with Crippen molar-refractivity contribution in [1.29, 1.82) is 0 Å². The van der Waals surface area contributed by atoms with Crippen molar-refractivity contribution in [3.63, 3.8) is 0 Å². The minimum atomic E-state index is -1.21. The SMILES string of the molecule is CCCCOC(=O)NC(C(=O)O)c1ccc(OC(COC)OCC)cc1. The average Bonchev–Trinajstić information content (AvgIpc) is 2.61. The van der Waals surface area contributed by atoms with Crippen LogP contribution in [0, 0.1) is 0 Å². The van der Waals surface area contributed by atoms with Gasteiger partial charge in [0.1, 0.15) is 12.4 Å². The number of hydrogen-bond acceptors (Lipinski definition) is 6. The van der Waals surface area contributed by atoms with Crippen LogP contribution in [0.25, 0.3) is 0 Å². The first-order valence-corrected chi connectivity index (χ1v) is 8.55. The minimum absolute atomic E-state index is 0.250. The third kappa shape index (κ3) is 7.71. The molecule has 2 N–H and O–H groups in total. The molecule has 0 aromatic heterocycles. The van der Waals surface area contributed by atoms with Crippen LogP contribution in [-0.2, 0) is 19.0 Å². The van der Waals surface area contributed by atoms with Crippen molar-refractivity contribution in [2.45, 2.75) is 39.0 Å². The first kappa shape index (κ1) is 21.7. The van der Waals surface area contributed by atoms with E-state index >= 15 is 0 Å². The number of carboxylic acids is 1. The summed E-state index contributed by atoms with van der Waals surface area (Å²) < 4.78 is 21.0. The van der Waals surface area contributed by atoms with Crippen molar-refractivity contribution >= 4 is 12.1 Å². The highest BCUT2D eigenvalue weighted by Crippen LogP contribution is 2.20. The van der Waals surface area contributed by atoms with Gasteiger partial charge < -0.3 is 29.4 Å². The maximum atomic E-state index is 11.7. The van der Waals surface area contributed by atoms with E-state index in [1.165, 1.54) is 0 Å². The molecule has 8 nitrogen and oxygen atoms in total. The Kier molecular flexibility index (Phi) is 10.1. The molecule has 0 aliphatic rings. The molecule has 0 radical (unpaired) electrons. The molecule has 2 unspecified atom stereocenters. The molecule has 0 heterocycles. The van der Waals surface area contributed by atoms with Gasteiger partial charge in [0, 0.05) is 13.7 Å². The second-order valence-electron chi connectivity index (χ2n) is 5.43. The zero-order valence-corrected chi connectivity index (χ0v) is 15.4. The highest BCUT2D eigenvalue weighted by Gasteiger charge is 2.23. The molecule has 2 atom stereocenters. The molecule has 0 saturated carbocycles. The van der Waals surface area contributed by atoms with Crippen LogP contribution < -0.4 is 10.1 Å². The van der Waals surface area contributed by atoms with E-state index in [4.69, 9.17) is 18.9 Å². The molecule has 1 amide bonds. The van der Waals surface area contributed by atoms with Crippen LogP contribution in [0.4, 0.5) is 4.79 Å². The van der Waals surface area contributed by atoms with Crippen molar-refractivity contribution in [3.05, 3.63) is 29.8 Å². The van der Waals surface area contributed by atoms with Crippen molar-refractivity contribution in [2.24, 2.45) is 0 Å². The third-order valence-corrected chi connectivity index (χ3v) is 3.38. The summed E-state index contributed by atoms with van der Waals surface area (Å²) in [6, 6.07) is 5.14. The Morgan fingerprint density at radius 3 is 2.42 bits per heavy atom. The number of carboxylic acid groups (broad SMARTS) is 1. The smallest absolute Gasteiger partial charge is 0.408 e. The highest BCUT2D eigenvalue weighted by atomic mass is 16.7. The van der Waals surface area contributed by atoms with Crippen LogP contribution in [0.15, 0.2) is 24.3 Å². The molecule has 0 aliphatic heterocycles. The van der Waals surface area contributed by atoms with Gasteiger partial charge in [-0.05, 0) is 31.0 Å². The number of hydrogen-bond donors (Lipinski definition) is 2. The van der Waals surface area contributed by atoms with E-state index in [-0.39, 0.29) is 13.2 Å².